The first kappa shape index (κ1) is 15.2. The van der Waals surface area contributed by atoms with Crippen molar-refractivity contribution in [1.82, 2.24) is 9.78 Å². The Labute approximate surface area is 114 Å². The number of halogens is 6. The predicted octanol–water partition coefficient (Wildman–Crippen LogP) is 4.05. The van der Waals surface area contributed by atoms with Crippen molar-refractivity contribution < 1.29 is 31.1 Å². The molecule has 0 saturated carbocycles. The summed E-state index contributed by atoms with van der Waals surface area (Å²) < 4.78 is 82.0. The van der Waals surface area contributed by atoms with Gasteiger partial charge in [-0.3, -0.25) is 4.68 Å². The first-order valence-corrected chi connectivity index (χ1v) is 5.45. The quantitative estimate of drug-likeness (QED) is 0.783. The molecular weight excluding hydrogens is 302 g/mol. The van der Waals surface area contributed by atoms with E-state index in [1.165, 1.54) is 7.05 Å². The van der Waals surface area contributed by atoms with E-state index in [0.29, 0.717) is 12.1 Å². The Balaban J connectivity index is 2.45. The Morgan fingerprint density at radius 3 is 2.24 bits per heavy atom. The van der Waals surface area contributed by atoms with Gasteiger partial charge in [0.2, 0.25) is 5.88 Å². The van der Waals surface area contributed by atoms with Gasteiger partial charge in [-0.15, -0.1) is 5.10 Å². The molecular formula is C12H7F6N2O. The number of hydrogen-bond acceptors (Lipinski definition) is 2. The maximum atomic E-state index is 12.8. The average Bonchev–Trinajstić information content (AvgIpc) is 2.72. The molecule has 1 aromatic carbocycles. The van der Waals surface area contributed by atoms with Crippen molar-refractivity contribution in [3.63, 3.8) is 0 Å². The molecule has 0 fully saturated rings. The average molecular weight is 309 g/mol. The van der Waals surface area contributed by atoms with Gasteiger partial charge in [-0.2, -0.15) is 26.3 Å². The highest BCUT2D eigenvalue weighted by Crippen LogP contribution is 2.41. The van der Waals surface area contributed by atoms with Crippen LogP contribution in [0.3, 0.4) is 0 Å². The second-order valence-electron chi connectivity index (χ2n) is 4.04. The molecule has 0 aliphatic rings. The zero-order chi connectivity index (χ0) is 15.8. The molecule has 1 heterocycles. The number of benzene rings is 1. The fraction of sp³-hybridized carbons (Fsp3) is 0.250. The summed E-state index contributed by atoms with van der Waals surface area (Å²) in [5, 5.41) is 3.65. The Kier molecular flexibility index (Phi) is 3.60. The summed E-state index contributed by atoms with van der Waals surface area (Å²) >= 11 is 0. The van der Waals surface area contributed by atoms with Gasteiger partial charge in [-0.05, 0) is 18.2 Å². The van der Waals surface area contributed by atoms with Gasteiger partial charge in [0.1, 0.15) is 5.75 Å². The van der Waals surface area contributed by atoms with E-state index in [1.54, 1.807) is 0 Å². The Hall–Kier alpha value is -2.19. The van der Waals surface area contributed by atoms with Gasteiger partial charge in [0.05, 0.1) is 17.3 Å². The third-order valence-electron chi connectivity index (χ3n) is 2.45. The van der Waals surface area contributed by atoms with E-state index in [4.69, 9.17) is 4.74 Å². The second kappa shape index (κ2) is 4.97. The van der Waals surface area contributed by atoms with Crippen LogP contribution in [-0.2, 0) is 19.4 Å². The van der Waals surface area contributed by atoms with Crippen molar-refractivity contribution >= 4 is 0 Å². The van der Waals surface area contributed by atoms with E-state index in [1.807, 2.05) is 0 Å². The van der Waals surface area contributed by atoms with Gasteiger partial charge in [0.25, 0.3) is 0 Å². The summed E-state index contributed by atoms with van der Waals surface area (Å²) in [7, 11) is 1.46. The molecule has 1 radical (unpaired) electrons. The van der Waals surface area contributed by atoms with Crippen LogP contribution in [0.4, 0.5) is 26.3 Å². The zero-order valence-corrected chi connectivity index (χ0v) is 10.4. The number of hydrogen-bond donors (Lipinski definition) is 0. The standard InChI is InChI=1S/C12H7F6N2O/c1-20-5-4-10(19-20)21-9-3-2-7(11(13,14)15)6-8(9)12(16,17)18/h2-4,6H,1H3. The number of aromatic nitrogens is 2. The molecule has 0 spiro atoms. The van der Waals surface area contributed by atoms with E-state index in [0.717, 1.165) is 10.7 Å². The highest BCUT2D eigenvalue weighted by molar-refractivity contribution is 5.42. The van der Waals surface area contributed by atoms with Crippen LogP contribution in [-0.4, -0.2) is 9.78 Å². The molecule has 21 heavy (non-hydrogen) atoms. The molecule has 0 amide bonds. The van der Waals surface area contributed by atoms with Crippen LogP contribution in [0, 0.1) is 6.20 Å². The van der Waals surface area contributed by atoms with Gasteiger partial charge >= 0.3 is 12.4 Å². The van der Waals surface area contributed by atoms with Crippen LogP contribution in [0.1, 0.15) is 11.1 Å². The second-order valence-corrected chi connectivity index (χ2v) is 4.04. The SMILES string of the molecule is Cn1[c]cc(Oc2ccc(C(F)(F)F)cc2C(F)(F)F)n1. The largest absolute Gasteiger partial charge is 0.437 e. The summed E-state index contributed by atoms with van der Waals surface area (Å²) in [6.07, 6.45) is -7.37. The molecule has 0 N–H and O–H groups in total. The van der Waals surface area contributed by atoms with Crippen LogP contribution in [0.15, 0.2) is 24.3 Å². The molecule has 0 saturated heterocycles. The summed E-state index contributed by atoms with van der Waals surface area (Å²) in [5.74, 6) is -0.967. The summed E-state index contributed by atoms with van der Waals surface area (Å²) in [4.78, 5) is 0. The van der Waals surface area contributed by atoms with E-state index in [-0.39, 0.29) is 11.9 Å². The van der Waals surface area contributed by atoms with Gasteiger partial charge in [-0.25, -0.2) is 0 Å². The molecule has 2 aromatic rings. The lowest BCUT2D eigenvalue weighted by molar-refractivity contribution is -0.143. The van der Waals surface area contributed by atoms with Crippen LogP contribution in [0.2, 0.25) is 0 Å². The third-order valence-corrected chi connectivity index (χ3v) is 2.45. The van der Waals surface area contributed by atoms with E-state index in [2.05, 4.69) is 11.3 Å². The smallest absolute Gasteiger partial charge is 0.420 e. The van der Waals surface area contributed by atoms with E-state index in [9.17, 15) is 26.3 Å². The maximum absolute atomic E-state index is 12.8. The molecule has 0 unspecified atom stereocenters. The lowest BCUT2D eigenvalue weighted by Crippen LogP contribution is -2.12. The highest BCUT2D eigenvalue weighted by Gasteiger charge is 2.39. The molecule has 2 rings (SSSR count). The van der Waals surface area contributed by atoms with Crippen molar-refractivity contribution in [2.45, 2.75) is 12.4 Å². The van der Waals surface area contributed by atoms with Crippen molar-refractivity contribution in [3.05, 3.63) is 41.6 Å². The van der Waals surface area contributed by atoms with Gasteiger partial charge in [0.15, 0.2) is 0 Å². The summed E-state index contributed by atoms with van der Waals surface area (Å²) in [5.41, 5.74) is -2.93. The first-order valence-electron chi connectivity index (χ1n) is 5.45. The van der Waals surface area contributed by atoms with Crippen LogP contribution >= 0.6 is 0 Å². The van der Waals surface area contributed by atoms with Crippen molar-refractivity contribution in [3.8, 4) is 11.6 Å². The van der Waals surface area contributed by atoms with Crippen molar-refractivity contribution in [2.24, 2.45) is 7.05 Å². The molecule has 0 bridgehead atoms. The van der Waals surface area contributed by atoms with Crippen LogP contribution in [0.25, 0.3) is 0 Å². The molecule has 0 aliphatic carbocycles. The minimum absolute atomic E-state index is 0.00197. The normalized spacial score (nSPS) is 12.5. The lowest BCUT2D eigenvalue weighted by atomic mass is 10.1. The minimum atomic E-state index is -4.99. The van der Waals surface area contributed by atoms with Crippen molar-refractivity contribution in [2.75, 3.05) is 0 Å². The molecule has 0 aliphatic heterocycles. The summed E-state index contributed by atoms with van der Waals surface area (Å²) in [6, 6.07) is 2.29. The minimum Gasteiger partial charge on any atom is -0.437 e. The summed E-state index contributed by atoms with van der Waals surface area (Å²) in [6.45, 7) is 0. The van der Waals surface area contributed by atoms with Gasteiger partial charge in [-0.1, -0.05) is 0 Å². The number of aryl methyl sites for hydroxylation is 1. The predicted molar refractivity (Wildman–Crippen MR) is 58.6 cm³/mol. The fourth-order valence-corrected chi connectivity index (χ4v) is 1.53. The van der Waals surface area contributed by atoms with Gasteiger partial charge < -0.3 is 4.74 Å². The molecule has 113 valence electrons. The topological polar surface area (TPSA) is 27.1 Å². The number of nitrogens with zero attached hydrogens (tertiary/aromatic N) is 2. The molecule has 1 aromatic heterocycles. The van der Waals surface area contributed by atoms with E-state index < -0.39 is 29.2 Å². The number of alkyl halides is 6. The Bertz CT molecular complexity index is 644. The number of rotatable bonds is 2. The molecule has 0 atom stereocenters. The lowest BCUT2D eigenvalue weighted by Gasteiger charge is -2.15. The number of ether oxygens (including phenoxy) is 1. The Morgan fingerprint density at radius 2 is 1.76 bits per heavy atom. The maximum Gasteiger partial charge on any atom is 0.420 e. The zero-order valence-electron chi connectivity index (χ0n) is 10.4. The van der Waals surface area contributed by atoms with Gasteiger partial charge in [0, 0.05) is 13.1 Å². The third kappa shape index (κ3) is 3.47. The Morgan fingerprint density at radius 1 is 1.10 bits per heavy atom. The monoisotopic (exact) mass is 309 g/mol. The molecule has 3 nitrogen and oxygen atoms in total. The van der Waals surface area contributed by atoms with Crippen molar-refractivity contribution in [1.29, 1.82) is 0 Å². The fourth-order valence-electron chi connectivity index (χ4n) is 1.53. The molecule has 9 heteroatoms. The van der Waals surface area contributed by atoms with Crippen LogP contribution in [0.5, 0.6) is 11.6 Å². The highest BCUT2D eigenvalue weighted by atomic mass is 19.4. The van der Waals surface area contributed by atoms with E-state index >= 15 is 0 Å². The van der Waals surface area contributed by atoms with Crippen LogP contribution < -0.4 is 4.74 Å². The first-order chi connectivity index (χ1) is 9.57.